The van der Waals surface area contributed by atoms with Crippen LogP contribution < -0.4 is 0 Å². The first-order chi connectivity index (χ1) is 6.35. The first kappa shape index (κ1) is 12.1. The fraction of sp³-hybridized carbons (Fsp3) is 0.400. The minimum Gasteiger partial charge on any atom is -0.394 e. The number of hydrogen-bond donors (Lipinski definition) is 2. The molecule has 3 nitrogen and oxygen atoms in total. The predicted octanol–water partition coefficient (Wildman–Crippen LogP) is 0.804. The molecule has 0 saturated heterocycles. The summed E-state index contributed by atoms with van der Waals surface area (Å²) in [6.45, 7) is 0.706. The van der Waals surface area contributed by atoms with E-state index in [1.54, 1.807) is 7.11 Å². The summed E-state index contributed by atoms with van der Waals surface area (Å²) in [6.07, 6.45) is 0. The van der Waals surface area contributed by atoms with E-state index in [4.69, 9.17) is 10.2 Å². The van der Waals surface area contributed by atoms with Gasteiger partial charge in [-0.3, -0.25) is 0 Å². The summed E-state index contributed by atoms with van der Waals surface area (Å²) in [7, 11) is 1.55. The van der Waals surface area contributed by atoms with Crippen LogP contribution >= 0.6 is 0 Å². The molecule has 0 bridgehead atoms. The van der Waals surface area contributed by atoms with Crippen LogP contribution in [0.1, 0.15) is 5.56 Å². The molecule has 0 fully saturated rings. The molecule has 0 spiro atoms. The van der Waals surface area contributed by atoms with E-state index in [0.717, 1.165) is 5.56 Å². The zero-order valence-corrected chi connectivity index (χ0v) is 7.81. The average Bonchev–Trinajstić information content (AvgIpc) is 2.21. The van der Waals surface area contributed by atoms with Crippen molar-refractivity contribution in [1.29, 1.82) is 0 Å². The highest BCUT2D eigenvalue weighted by atomic mass is 16.5. The number of benzene rings is 1. The molecule has 0 amide bonds. The summed E-state index contributed by atoms with van der Waals surface area (Å²) in [5.74, 6) is 0. The average molecular weight is 184 g/mol. The molecule has 1 aromatic rings. The highest BCUT2D eigenvalue weighted by Crippen LogP contribution is 1.95. The summed E-state index contributed by atoms with van der Waals surface area (Å²) in [6, 6.07) is 9.52. The molecule has 0 aliphatic carbocycles. The maximum atomic E-state index is 8.54. The Morgan fingerprint density at radius 3 is 2.00 bits per heavy atom. The molecular weight excluding hydrogens is 168 g/mol. The standard InChI is InChI=1S/C7H8O.C3H8O2/c8-6-7-4-2-1-3-5-7;1-5-3-2-4/h1-5,8H,6H2;4H,2-3H2,1H3. The van der Waals surface area contributed by atoms with E-state index >= 15 is 0 Å². The third-order valence-corrected chi connectivity index (χ3v) is 1.32. The molecule has 74 valence electrons. The second-order valence-electron chi connectivity index (χ2n) is 2.36. The molecule has 0 unspecified atom stereocenters. The lowest BCUT2D eigenvalue weighted by molar-refractivity contribution is 0.135. The van der Waals surface area contributed by atoms with Crippen LogP contribution in [0.4, 0.5) is 0 Å². The van der Waals surface area contributed by atoms with Gasteiger partial charge >= 0.3 is 0 Å². The van der Waals surface area contributed by atoms with Crippen molar-refractivity contribution in [2.75, 3.05) is 20.3 Å². The van der Waals surface area contributed by atoms with Gasteiger partial charge in [-0.2, -0.15) is 0 Å². The van der Waals surface area contributed by atoms with E-state index in [2.05, 4.69) is 4.74 Å². The summed E-state index contributed by atoms with van der Waals surface area (Å²) in [5, 5.41) is 16.5. The summed E-state index contributed by atoms with van der Waals surface area (Å²) in [5.41, 5.74) is 0.965. The van der Waals surface area contributed by atoms with Gasteiger partial charge in [-0.15, -0.1) is 0 Å². The van der Waals surface area contributed by atoms with E-state index in [1.165, 1.54) is 0 Å². The van der Waals surface area contributed by atoms with Crippen LogP contribution in [-0.4, -0.2) is 30.5 Å². The quantitative estimate of drug-likeness (QED) is 0.730. The molecule has 0 aromatic heterocycles. The van der Waals surface area contributed by atoms with E-state index in [0.29, 0.717) is 6.61 Å². The topological polar surface area (TPSA) is 49.7 Å². The summed E-state index contributed by atoms with van der Waals surface area (Å²) < 4.78 is 4.44. The predicted molar refractivity (Wildman–Crippen MR) is 51.3 cm³/mol. The van der Waals surface area contributed by atoms with Crippen LogP contribution in [-0.2, 0) is 11.3 Å². The van der Waals surface area contributed by atoms with Crippen molar-refractivity contribution in [3.63, 3.8) is 0 Å². The fourth-order valence-electron chi connectivity index (χ4n) is 0.675. The Labute approximate surface area is 78.6 Å². The molecule has 0 radical (unpaired) electrons. The highest BCUT2D eigenvalue weighted by Gasteiger charge is 1.81. The Morgan fingerprint density at radius 1 is 1.15 bits per heavy atom. The van der Waals surface area contributed by atoms with Gasteiger partial charge in [0.05, 0.1) is 19.8 Å². The largest absolute Gasteiger partial charge is 0.394 e. The SMILES string of the molecule is COCCO.OCc1ccccc1. The monoisotopic (exact) mass is 184 g/mol. The minimum atomic E-state index is 0.122. The molecule has 3 heteroatoms. The van der Waals surface area contributed by atoms with Gasteiger partial charge in [0, 0.05) is 7.11 Å². The molecule has 0 heterocycles. The Bertz CT molecular complexity index is 185. The first-order valence-corrected chi connectivity index (χ1v) is 4.09. The Hall–Kier alpha value is -0.900. The van der Waals surface area contributed by atoms with Crippen molar-refractivity contribution in [2.45, 2.75) is 6.61 Å². The lowest BCUT2D eigenvalue weighted by Gasteiger charge is -1.89. The highest BCUT2D eigenvalue weighted by molar-refractivity contribution is 5.12. The van der Waals surface area contributed by atoms with Crippen molar-refractivity contribution in [2.24, 2.45) is 0 Å². The Balaban J connectivity index is 0.000000252. The fourth-order valence-corrected chi connectivity index (χ4v) is 0.675. The zero-order valence-electron chi connectivity index (χ0n) is 7.81. The van der Waals surface area contributed by atoms with Gasteiger partial charge < -0.3 is 14.9 Å². The number of methoxy groups -OCH3 is 1. The van der Waals surface area contributed by atoms with Crippen LogP contribution in [0.25, 0.3) is 0 Å². The van der Waals surface area contributed by atoms with Crippen molar-refractivity contribution in [3.8, 4) is 0 Å². The second kappa shape index (κ2) is 9.19. The second-order valence-corrected chi connectivity index (χ2v) is 2.36. The molecule has 0 aliphatic rings. The van der Waals surface area contributed by atoms with Crippen molar-refractivity contribution in [1.82, 2.24) is 0 Å². The summed E-state index contributed by atoms with van der Waals surface area (Å²) >= 11 is 0. The molecule has 13 heavy (non-hydrogen) atoms. The lowest BCUT2D eigenvalue weighted by atomic mass is 10.2. The third kappa shape index (κ3) is 7.46. The van der Waals surface area contributed by atoms with Crippen LogP contribution in [0.5, 0.6) is 0 Å². The molecule has 1 aromatic carbocycles. The number of rotatable bonds is 3. The van der Waals surface area contributed by atoms with Crippen molar-refractivity contribution in [3.05, 3.63) is 35.9 Å². The van der Waals surface area contributed by atoms with E-state index < -0.39 is 0 Å². The first-order valence-electron chi connectivity index (χ1n) is 4.09. The lowest BCUT2D eigenvalue weighted by Crippen LogP contribution is -1.91. The maximum absolute atomic E-state index is 8.54. The number of hydrogen-bond acceptors (Lipinski definition) is 3. The Morgan fingerprint density at radius 2 is 1.77 bits per heavy atom. The van der Waals surface area contributed by atoms with Gasteiger partial charge in [0.1, 0.15) is 0 Å². The van der Waals surface area contributed by atoms with Gasteiger partial charge in [-0.05, 0) is 5.56 Å². The summed E-state index contributed by atoms with van der Waals surface area (Å²) in [4.78, 5) is 0. The van der Waals surface area contributed by atoms with Gasteiger partial charge in [-0.1, -0.05) is 30.3 Å². The van der Waals surface area contributed by atoms with Gasteiger partial charge in [0.2, 0.25) is 0 Å². The van der Waals surface area contributed by atoms with E-state index in [1.807, 2.05) is 30.3 Å². The van der Waals surface area contributed by atoms with Crippen LogP contribution in [0.3, 0.4) is 0 Å². The Kier molecular flexibility index (Phi) is 8.55. The van der Waals surface area contributed by atoms with Gasteiger partial charge in [0.15, 0.2) is 0 Å². The zero-order chi connectivity index (χ0) is 9.94. The third-order valence-electron chi connectivity index (χ3n) is 1.32. The normalized spacial score (nSPS) is 8.85. The number of aliphatic hydroxyl groups excluding tert-OH is 2. The van der Waals surface area contributed by atoms with Gasteiger partial charge in [0.25, 0.3) is 0 Å². The van der Waals surface area contributed by atoms with Crippen molar-refractivity contribution >= 4 is 0 Å². The molecule has 0 saturated carbocycles. The molecule has 1 rings (SSSR count). The van der Waals surface area contributed by atoms with E-state index in [9.17, 15) is 0 Å². The van der Waals surface area contributed by atoms with Crippen molar-refractivity contribution < 1.29 is 14.9 Å². The molecule has 0 atom stereocenters. The molecule has 0 aliphatic heterocycles. The van der Waals surface area contributed by atoms with Crippen LogP contribution in [0.2, 0.25) is 0 Å². The molecular formula is C10H16O3. The molecule has 2 N–H and O–H groups in total. The minimum absolute atomic E-state index is 0.122. The smallest absolute Gasteiger partial charge is 0.0693 e. The van der Waals surface area contributed by atoms with Crippen LogP contribution in [0, 0.1) is 0 Å². The van der Waals surface area contributed by atoms with E-state index in [-0.39, 0.29) is 13.2 Å². The number of aliphatic hydroxyl groups is 2. The van der Waals surface area contributed by atoms with Crippen LogP contribution in [0.15, 0.2) is 30.3 Å². The number of ether oxygens (including phenoxy) is 1. The van der Waals surface area contributed by atoms with Gasteiger partial charge in [-0.25, -0.2) is 0 Å². The maximum Gasteiger partial charge on any atom is 0.0693 e.